The number of amides is 1. The second-order valence-electron chi connectivity index (χ2n) is 5.49. The van der Waals surface area contributed by atoms with Crippen LogP contribution in [0.2, 0.25) is 0 Å². The number of hydrogen-bond acceptors (Lipinski definition) is 2. The third-order valence-corrected chi connectivity index (χ3v) is 4.07. The summed E-state index contributed by atoms with van der Waals surface area (Å²) in [6.07, 6.45) is 0.904. The van der Waals surface area contributed by atoms with Gasteiger partial charge in [-0.15, -0.1) is 0 Å². The molecule has 1 heterocycles. The summed E-state index contributed by atoms with van der Waals surface area (Å²) in [7, 11) is 0. The van der Waals surface area contributed by atoms with Crippen molar-refractivity contribution < 1.29 is 19.1 Å². The van der Waals surface area contributed by atoms with Crippen molar-refractivity contribution in [3.8, 4) is 0 Å². The highest BCUT2D eigenvalue weighted by atomic mass is 19.1. The molecule has 0 saturated carbocycles. The van der Waals surface area contributed by atoms with E-state index in [-0.39, 0.29) is 17.0 Å². The Morgan fingerprint density at radius 2 is 2.00 bits per heavy atom. The standard InChI is InChI=1S/C15H18FNO3/c1-9-5-6-17(8-10(9)2)14(18)12-4-3-11(15(19)20)7-13(12)16/h3-4,7,9-10H,5-6,8H2,1-2H3,(H,19,20). The van der Waals surface area contributed by atoms with Gasteiger partial charge < -0.3 is 10.0 Å². The molecule has 1 aliphatic heterocycles. The molecule has 2 unspecified atom stereocenters. The summed E-state index contributed by atoms with van der Waals surface area (Å²) in [6, 6.07) is 3.41. The number of hydrogen-bond donors (Lipinski definition) is 1. The maximum atomic E-state index is 13.9. The molecule has 5 heteroatoms. The van der Waals surface area contributed by atoms with Gasteiger partial charge in [0.2, 0.25) is 0 Å². The second-order valence-corrected chi connectivity index (χ2v) is 5.49. The zero-order chi connectivity index (χ0) is 14.9. The smallest absolute Gasteiger partial charge is 0.335 e. The maximum Gasteiger partial charge on any atom is 0.335 e. The number of likely N-dealkylation sites (tertiary alicyclic amines) is 1. The average Bonchev–Trinajstić information content (AvgIpc) is 2.41. The Balaban J connectivity index is 2.19. The molecule has 0 aromatic heterocycles. The molecule has 4 nitrogen and oxygen atoms in total. The molecule has 1 amide bonds. The van der Waals surface area contributed by atoms with Crippen molar-refractivity contribution in [2.45, 2.75) is 20.3 Å². The number of carboxylic acids is 1. The van der Waals surface area contributed by atoms with Gasteiger partial charge in [-0.05, 0) is 36.5 Å². The number of carboxylic acid groups (broad SMARTS) is 1. The minimum atomic E-state index is -1.21. The van der Waals surface area contributed by atoms with Gasteiger partial charge in [0.25, 0.3) is 5.91 Å². The summed E-state index contributed by atoms with van der Waals surface area (Å²) in [4.78, 5) is 24.7. The predicted octanol–water partition coefficient (Wildman–Crippen LogP) is 2.64. The Labute approximate surface area is 117 Å². The number of halogens is 1. The summed E-state index contributed by atoms with van der Waals surface area (Å²) in [5.41, 5.74) is -0.212. The van der Waals surface area contributed by atoms with E-state index < -0.39 is 11.8 Å². The molecule has 0 bridgehead atoms. The molecule has 2 rings (SSSR count). The number of aromatic carboxylic acids is 1. The van der Waals surface area contributed by atoms with Gasteiger partial charge in [-0.3, -0.25) is 4.79 Å². The van der Waals surface area contributed by atoms with Crippen LogP contribution in [0.5, 0.6) is 0 Å². The lowest BCUT2D eigenvalue weighted by molar-refractivity contribution is 0.0620. The first kappa shape index (κ1) is 14.5. The van der Waals surface area contributed by atoms with Gasteiger partial charge >= 0.3 is 5.97 Å². The second kappa shape index (κ2) is 5.61. The Morgan fingerprint density at radius 3 is 2.55 bits per heavy atom. The molecule has 20 heavy (non-hydrogen) atoms. The predicted molar refractivity (Wildman–Crippen MR) is 72.2 cm³/mol. The van der Waals surface area contributed by atoms with Gasteiger partial charge in [0.1, 0.15) is 5.82 Å². The Kier molecular flexibility index (Phi) is 4.06. The third-order valence-electron chi connectivity index (χ3n) is 4.07. The van der Waals surface area contributed by atoms with Crippen molar-refractivity contribution in [1.29, 1.82) is 0 Å². The maximum absolute atomic E-state index is 13.9. The molecular formula is C15H18FNO3. The minimum absolute atomic E-state index is 0.0586. The molecule has 1 N–H and O–H groups in total. The molecule has 1 fully saturated rings. The van der Waals surface area contributed by atoms with E-state index in [1.807, 2.05) is 0 Å². The quantitative estimate of drug-likeness (QED) is 0.905. The molecule has 1 aromatic carbocycles. The van der Waals surface area contributed by atoms with E-state index in [2.05, 4.69) is 13.8 Å². The lowest BCUT2D eigenvalue weighted by atomic mass is 9.88. The van der Waals surface area contributed by atoms with Crippen LogP contribution in [0.3, 0.4) is 0 Å². The van der Waals surface area contributed by atoms with Gasteiger partial charge in [-0.1, -0.05) is 13.8 Å². The normalized spacial score (nSPS) is 22.6. The summed E-state index contributed by atoms with van der Waals surface area (Å²) >= 11 is 0. The van der Waals surface area contributed by atoms with Crippen molar-refractivity contribution in [3.05, 3.63) is 35.1 Å². The van der Waals surface area contributed by atoms with E-state index in [0.717, 1.165) is 12.5 Å². The number of carbonyl (C=O) groups is 2. The Morgan fingerprint density at radius 1 is 1.30 bits per heavy atom. The molecule has 108 valence electrons. The van der Waals surface area contributed by atoms with Crippen LogP contribution < -0.4 is 0 Å². The van der Waals surface area contributed by atoms with E-state index in [1.165, 1.54) is 12.1 Å². The van der Waals surface area contributed by atoms with Crippen LogP contribution in [0.25, 0.3) is 0 Å². The number of benzene rings is 1. The van der Waals surface area contributed by atoms with Crippen LogP contribution >= 0.6 is 0 Å². The van der Waals surface area contributed by atoms with Crippen LogP contribution in [0.4, 0.5) is 4.39 Å². The lowest BCUT2D eigenvalue weighted by Crippen LogP contribution is -2.42. The molecule has 0 aliphatic carbocycles. The topological polar surface area (TPSA) is 57.6 Å². The monoisotopic (exact) mass is 279 g/mol. The fourth-order valence-corrected chi connectivity index (χ4v) is 2.44. The van der Waals surface area contributed by atoms with Gasteiger partial charge in [-0.25, -0.2) is 9.18 Å². The van der Waals surface area contributed by atoms with Crippen molar-refractivity contribution in [1.82, 2.24) is 4.90 Å². The zero-order valence-corrected chi connectivity index (χ0v) is 11.6. The number of carbonyl (C=O) groups excluding carboxylic acids is 1. The highest BCUT2D eigenvalue weighted by Crippen LogP contribution is 2.24. The summed E-state index contributed by atoms with van der Waals surface area (Å²) < 4.78 is 13.9. The molecule has 1 aromatic rings. The van der Waals surface area contributed by atoms with Crippen molar-refractivity contribution >= 4 is 11.9 Å². The zero-order valence-electron chi connectivity index (χ0n) is 11.6. The number of nitrogens with zero attached hydrogens (tertiary/aromatic N) is 1. The lowest BCUT2D eigenvalue weighted by Gasteiger charge is -2.35. The first-order chi connectivity index (χ1) is 9.40. The van der Waals surface area contributed by atoms with Crippen LogP contribution in [0, 0.1) is 17.7 Å². The van der Waals surface area contributed by atoms with Crippen LogP contribution in [-0.2, 0) is 0 Å². The fraction of sp³-hybridized carbons (Fsp3) is 0.467. The van der Waals surface area contributed by atoms with Gasteiger partial charge in [0, 0.05) is 13.1 Å². The van der Waals surface area contributed by atoms with E-state index in [0.29, 0.717) is 24.9 Å². The SMILES string of the molecule is CC1CCN(C(=O)c2ccc(C(=O)O)cc2F)CC1C. The summed E-state index contributed by atoms with van der Waals surface area (Å²) in [5.74, 6) is -1.41. The van der Waals surface area contributed by atoms with Crippen molar-refractivity contribution in [3.63, 3.8) is 0 Å². The number of rotatable bonds is 2. The van der Waals surface area contributed by atoms with E-state index in [1.54, 1.807) is 4.90 Å². The fourth-order valence-electron chi connectivity index (χ4n) is 2.44. The number of piperidine rings is 1. The van der Waals surface area contributed by atoms with Crippen LogP contribution in [0.1, 0.15) is 41.0 Å². The highest BCUT2D eigenvalue weighted by molar-refractivity contribution is 5.96. The molecular weight excluding hydrogens is 261 g/mol. The molecule has 1 aliphatic rings. The van der Waals surface area contributed by atoms with Gasteiger partial charge in [-0.2, -0.15) is 0 Å². The van der Waals surface area contributed by atoms with Crippen LogP contribution in [-0.4, -0.2) is 35.0 Å². The minimum Gasteiger partial charge on any atom is -0.478 e. The van der Waals surface area contributed by atoms with Gasteiger partial charge in [0.15, 0.2) is 0 Å². The summed E-state index contributed by atoms with van der Waals surface area (Å²) in [5, 5.41) is 8.79. The van der Waals surface area contributed by atoms with Gasteiger partial charge in [0.05, 0.1) is 11.1 Å². The van der Waals surface area contributed by atoms with Crippen molar-refractivity contribution in [2.24, 2.45) is 11.8 Å². The Hall–Kier alpha value is -1.91. The first-order valence-corrected chi connectivity index (χ1v) is 6.72. The highest BCUT2D eigenvalue weighted by Gasteiger charge is 2.28. The first-order valence-electron chi connectivity index (χ1n) is 6.72. The third kappa shape index (κ3) is 2.81. The van der Waals surface area contributed by atoms with E-state index in [9.17, 15) is 14.0 Å². The average molecular weight is 279 g/mol. The van der Waals surface area contributed by atoms with Crippen molar-refractivity contribution in [2.75, 3.05) is 13.1 Å². The van der Waals surface area contributed by atoms with E-state index in [4.69, 9.17) is 5.11 Å². The molecule has 1 saturated heterocycles. The van der Waals surface area contributed by atoms with Crippen LogP contribution in [0.15, 0.2) is 18.2 Å². The molecule has 2 atom stereocenters. The summed E-state index contributed by atoms with van der Waals surface area (Å²) in [6.45, 7) is 5.45. The molecule has 0 spiro atoms. The van der Waals surface area contributed by atoms with E-state index >= 15 is 0 Å². The largest absolute Gasteiger partial charge is 0.478 e. The Bertz CT molecular complexity index is 544. The molecule has 0 radical (unpaired) electrons.